The standard InChI is InChI=1S/C24H33N5O3/c1-17-4-2-3-5-21(17)28-10-8-27(9-11-28)14-19(30)16-32-20-12-18-13-26-23-22(31)6-7-25-24(23)29(18)15-20/h2-5,12,15,19,23-26,30H,6-11,13-14,16H2,1H3. The number of aromatic nitrogens is 1. The highest BCUT2D eigenvalue weighted by Crippen LogP contribution is 2.28. The molecule has 3 N–H and O–H groups in total. The van der Waals surface area contributed by atoms with Gasteiger partial charge in [0.05, 0.1) is 0 Å². The summed E-state index contributed by atoms with van der Waals surface area (Å²) < 4.78 is 8.03. The molecule has 0 aliphatic carbocycles. The van der Waals surface area contributed by atoms with Crippen molar-refractivity contribution in [3.63, 3.8) is 0 Å². The monoisotopic (exact) mass is 439 g/mol. The van der Waals surface area contributed by atoms with Crippen molar-refractivity contribution < 1.29 is 14.6 Å². The fourth-order valence-electron chi connectivity index (χ4n) is 5.10. The Morgan fingerprint density at radius 1 is 1.19 bits per heavy atom. The van der Waals surface area contributed by atoms with Crippen LogP contribution >= 0.6 is 0 Å². The summed E-state index contributed by atoms with van der Waals surface area (Å²) in [7, 11) is 0. The van der Waals surface area contributed by atoms with Crippen LogP contribution in [0.4, 0.5) is 5.69 Å². The molecule has 2 aromatic rings. The van der Waals surface area contributed by atoms with Crippen LogP contribution in [0.2, 0.25) is 0 Å². The first-order chi connectivity index (χ1) is 15.6. The molecule has 3 aliphatic heterocycles. The minimum Gasteiger partial charge on any atom is -0.489 e. The number of ether oxygens (including phenoxy) is 1. The molecular weight excluding hydrogens is 406 g/mol. The maximum atomic E-state index is 12.2. The summed E-state index contributed by atoms with van der Waals surface area (Å²) in [6.45, 7) is 8.16. The number of piperidine rings is 1. The lowest BCUT2D eigenvalue weighted by Gasteiger charge is -2.37. The first-order valence-electron chi connectivity index (χ1n) is 11.6. The van der Waals surface area contributed by atoms with Crippen molar-refractivity contribution in [2.45, 2.75) is 38.2 Å². The van der Waals surface area contributed by atoms with Crippen molar-refractivity contribution in [2.24, 2.45) is 0 Å². The van der Waals surface area contributed by atoms with Crippen LogP contribution < -0.4 is 20.3 Å². The van der Waals surface area contributed by atoms with E-state index in [4.69, 9.17) is 4.74 Å². The number of benzene rings is 1. The Balaban J connectivity index is 1.11. The molecule has 2 fully saturated rings. The van der Waals surface area contributed by atoms with Crippen LogP contribution in [-0.4, -0.2) is 78.4 Å². The van der Waals surface area contributed by atoms with E-state index in [2.05, 4.69) is 56.2 Å². The summed E-state index contributed by atoms with van der Waals surface area (Å²) in [6, 6.07) is 10.3. The molecule has 0 saturated carbocycles. The van der Waals surface area contributed by atoms with Crippen molar-refractivity contribution in [1.82, 2.24) is 20.1 Å². The van der Waals surface area contributed by atoms with E-state index in [9.17, 15) is 9.90 Å². The number of aryl methyl sites for hydroxylation is 1. The van der Waals surface area contributed by atoms with Crippen molar-refractivity contribution in [3.05, 3.63) is 47.8 Å². The average Bonchev–Trinajstić information content (AvgIpc) is 3.23. The number of anilines is 1. The maximum Gasteiger partial charge on any atom is 0.154 e. The second-order valence-corrected chi connectivity index (χ2v) is 9.09. The second-order valence-electron chi connectivity index (χ2n) is 9.09. The molecule has 8 heteroatoms. The number of hydrogen-bond acceptors (Lipinski definition) is 7. The highest BCUT2D eigenvalue weighted by molar-refractivity contribution is 5.85. The van der Waals surface area contributed by atoms with Crippen molar-refractivity contribution in [2.75, 3.05) is 50.8 Å². The summed E-state index contributed by atoms with van der Waals surface area (Å²) in [5.41, 5.74) is 3.70. The highest BCUT2D eigenvalue weighted by atomic mass is 16.5. The van der Waals surface area contributed by atoms with Gasteiger partial charge in [-0.1, -0.05) is 18.2 Å². The van der Waals surface area contributed by atoms with Crippen molar-refractivity contribution in [1.29, 1.82) is 0 Å². The summed E-state index contributed by atoms with van der Waals surface area (Å²) >= 11 is 0. The summed E-state index contributed by atoms with van der Waals surface area (Å²) in [5.74, 6) is 0.999. The number of rotatable bonds is 6. The molecule has 172 valence electrons. The van der Waals surface area contributed by atoms with Crippen molar-refractivity contribution >= 4 is 11.5 Å². The third-order valence-corrected chi connectivity index (χ3v) is 6.84. The van der Waals surface area contributed by atoms with Gasteiger partial charge in [-0.2, -0.15) is 0 Å². The number of nitrogens with zero attached hydrogens (tertiary/aromatic N) is 3. The first-order valence-corrected chi connectivity index (χ1v) is 11.6. The molecule has 3 aliphatic rings. The topological polar surface area (TPSA) is 82.0 Å². The molecule has 32 heavy (non-hydrogen) atoms. The minimum absolute atomic E-state index is 0.0631. The Hall–Kier alpha value is -2.39. The number of aliphatic hydroxyl groups is 1. The second kappa shape index (κ2) is 9.23. The number of β-amino-alcohol motifs (C(OH)–C–C–N with tert-alkyl or cyclic N) is 1. The fraction of sp³-hybridized carbons (Fsp3) is 0.542. The van der Waals surface area contributed by atoms with Crippen LogP contribution in [0.25, 0.3) is 0 Å². The smallest absolute Gasteiger partial charge is 0.154 e. The van der Waals surface area contributed by atoms with E-state index in [-0.39, 0.29) is 24.6 Å². The van der Waals surface area contributed by atoms with E-state index >= 15 is 0 Å². The van der Waals surface area contributed by atoms with Gasteiger partial charge in [-0.3, -0.25) is 20.3 Å². The van der Waals surface area contributed by atoms with Gasteiger partial charge in [-0.05, 0) is 18.6 Å². The van der Waals surface area contributed by atoms with Crippen LogP contribution in [0.5, 0.6) is 5.75 Å². The lowest BCUT2D eigenvalue weighted by atomic mass is 10.0. The summed E-state index contributed by atoms with van der Waals surface area (Å²) in [4.78, 5) is 16.9. The van der Waals surface area contributed by atoms with Gasteiger partial charge >= 0.3 is 0 Å². The molecule has 4 heterocycles. The summed E-state index contributed by atoms with van der Waals surface area (Å²) in [6.07, 6.45) is 1.91. The van der Waals surface area contributed by atoms with E-state index in [0.717, 1.165) is 37.6 Å². The van der Waals surface area contributed by atoms with E-state index in [1.54, 1.807) is 0 Å². The molecule has 8 nitrogen and oxygen atoms in total. The number of ketones is 1. The first kappa shape index (κ1) is 21.5. The Labute approximate surface area is 189 Å². The van der Waals surface area contributed by atoms with Gasteiger partial charge in [0.1, 0.15) is 30.7 Å². The largest absolute Gasteiger partial charge is 0.489 e. The zero-order chi connectivity index (χ0) is 22.1. The normalized spacial score (nSPS) is 24.7. The number of nitrogens with one attached hydrogen (secondary N) is 2. The third kappa shape index (κ3) is 4.41. The predicted octanol–water partition coefficient (Wildman–Crippen LogP) is 0.891. The Bertz CT molecular complexity index is 953. The van der Waals surface area contributed by atoms with E-state index in [1.165, 1.54) is 11.3 Å². The molecular formula is C24H33N5O3. The molecule has 0 bridgehead atoms. The zero-order valence-corrected chi connectivity index (χ0v) is 18.7. The van der Waals surface area contributed by atoms with E-state index in [1.807, 2.05) is 12.3 Å². The number of Topliss-reactive ketones (excluding diaryl/α,β-unsaturated/α-hetero) is 1. The van der Waals surface area contributed by atoms with Crippen LogP contribution in [-0.2, 0) is 11.3 Å². The SMILES string of the molecule is Cc1ccccc1N1CCN(CC(O)COc2cc3n(c2)C2NCCC(=O)C2NC3)CC1. The van der Waals surface area contributed by atoms with Gasteiger partial charge < -0.3 is 19.3 Å². The number of aliphatic hydroxyl groups excluding tert-OH is 1. The van der Waals surface area contributed by atoms with Crippen LogP contribution in [0.15, 0.2) is 36.5 Å². The van der Waals surface area contributed by atoms with E-state index < -0.39 is 6.10 Å². The zero-order valence-electron chi connectivity index (χ0n) is 18.7. The highest BCUT2D eigenvalue weighted by Gasteiger charge is 2.36. The van der Waals surface area contributed by atoms with Gasteiger partial charge in [-0.15, -0.1) is 0 Å². The molecule has 0 spiro atoms. The molecule has 5 rings (SSSR count). The van der Waals surface area contributed by atoms with Gasteiger partial charge in [-0.25, -0.2) is 0 Å². The van der Waals surface area contributed by atoms with Gasteiger partial charge in [0.2, 0.25) is 0 Å². The van der Waals surface area contributed by atoms with Gasteiger partial charge in [0.25, 0.3) is 0 Å². The number of carbonyl (C=O) groups is 1. The van der Waals surface area contributed by atoms with Crippen molar-refractivity contribution in [3.8, 4) is 5.75 Å². The quantitative estimate of drug-likeness (QED) is 0.617. The number of fused-ring (bicyclic) bond motifs is 3. The molecule has 1 aromatic heterocycles. The molecule has 3 unspecified atom stereocenters. The fourth-order valence-corrected chi connectivity index (χ4v) is 5.10. The molecule has 0 radical (unpaired) electrons. The Kier molecular flexibility index (Phi) is 6.19. The molecule has 0 amide bonds. The number of piperazine rings is 1. The summed E-state index contributed by atoms with van der Waals surface area (Å²) in [5, 5.41) is 17.3. The lowest BCUT2D eigenvalue weighted by molar-refractivity contribution is -0.124. The van der Waals surface area contributed by atoms with Gasteiger partial charge in [0, 0.05) is 75.9 Å². The third-order valence-electron chi connectivity index (χ3n) is 6.84. The minimum atomic E-state index is -0.544. The number of hydrogen-bond donors (Lipinski definition) is 3. The average molecular weight is 440 g/mol. The Morgan fingerprint density at radius 3 is 2.81 bits per heavy atom. The number of para-hydroxylation sites is 1. The molecule has 2 saturated heterocycles. The van der Waals surface area contributed by atoms with E-state index in [0.29, 0.717) is 26.1 Å². The van der Waals surface area contributed by atoms with Crippen LogP contribution in [0, 0.1) is 6.92 Å². The lowest BCUT2D eigenvalue weighted by Crippen LogP contribution is -2.56. The Morgan fingerprint density at radius 2 is 2.00 bits per heavy atom. The number of carbonyl (C=O) groups excluding carboxylic acids is 1. The van der Waals surface area contributed by atoms with Crippen LogP contribution in [0.1, 0.15) is 23.8 Å². The predicted molar refractivity (Wildman–Crippen MR) is 123 cm³/mol. The molecule has 3 atom stereocenters. The van der Waals surface area contributed by atoms with Crippen LogP contribution in [0.3, 0.4) is 0 Å². The molecule has 1 aromatic carbocycles. The van der Waals surface area contributed by atoms with Gasteiger partial charge in [0.15, 0.2) is 5.78 Å². The maximum absolute atomic E-state index is 12.2.